The summed E-state index contributed by atoms with van der Waals surface area (Å²) in [5.74, 6) is -2.50. The molecule has 2 aliphatic heterocycles. The molecule has 0 saturated carbocycles. The van der Waals surface area contributed by atoms with Crippen molar-refractivity contribution in [2.45, 2.75) is 17.0 Å². The fourth-order valence-corrected chi connectivity index (χ4v) is 5.50. The Morgan fingerprint density at radius 3 is 1.70 bits per heavy atom. The maximum absolute atomic E-state index is 12.6. The Morgan fingerprint density at radius 1 is 0.667 bits per heavy atom. The van der Waals surface area contributed by atoms with Gasteiger partial charge in [0.1, 0.15) is 10.1 Å². The van der Waals surface area contributed by atoms with Crippen LogP contribution in [0.1, 0.15) is 11.1 Å². The van der Waals surface area contributed by atoms with Gasteiger partial charge in [0.25, 0.3) is 5.79 Å². The van der Waals surface area contributed by atoms with Gasteiger partial charge in [0.05, 0.1) is 10.1 Å². The fraction of sp³-hybridized carbons (Fsp3) is 0.143. The minimum absolute atomic E-state index is 0.253. The molecule has 2 saturated heterocycles. The minimum atomic E-state index is -1.87. The van der Waals surface area contributed by atoms with Gasteiger partial charge in [-0.2, -0.15) is 0 Å². The van der Waals surface area contributed by atoms with Gasteiger partial charge in [0, 0.05) is 11.1 Å². The molecule has 0 amide bonds. The van der Waals surface area contributed by atoms with Gasteiger partial charge in [-0.1, -0.05) is 107 Å². The number of hydrogen-bond acceptors (Lipinski definition) is 5. The lowest BCUT2D eigenvalue weighted by Crippen LogP contribution is -2.77. The van der Waals surface area contributed by atoms with Crippen LogP contribution in [-0.2, 0) is 30.4 Å². The van der Waals surface area contributed by atoms with Crippen LogP contribution in [0.5, 0.6) is 0 Å². The summed E-state index contributed by atoms with van der Waals surface area (Å²) in [5.41, 5.74) is -2.68. The van der Waals surface area contributed by atoms with E-state index in [2.05, 4.69) is 0 Å². The van der Waals surface area contributed by atoms with Gasteiger partial charge >= 0.3 is 6.16 Å². The largest absolute Gasteiger partial charge is 0.512 e. The average Bonchev–Trinajstić information content (AvgIpc) is 3.01. The first-order valence-corrected chi connectivity index (χ1v) is 10.2. The van der Waals surface area contributed by atoms with Gasteiger partial charge in [-0.15, -0.1) is 0 Å². The summed E-state index contributed by atoms with van der Waals surface area (Å²) in [6.07, 6.45) is -1.00. The third-order valence-corrected chi connectivity index (χ3v) is 7.28. The quantitative estimate of drug-likeness (QED) is 0.518. The highest BCUT2D eigenvalue weighted by Gasteiger charge is 2.89. The van der Waals surface area contributed by atoms with E-state index in [1.807, 2.05) is 0 Å². The van der Waals surface area contributed by atoms with E-state index in [0.717, 1.165) is 0 Å². The van der Waals surface area contributed by atoms with Gasteiger partial charge in [0.15, 0.2) is 5.60 Å². The van der Waals surface area contributed by atoms with Gasteiger partial charge in [0.2, 0.25) is 11.4 Å². The van der Waals surface area contributed by atoms with E-state index in [4.69, 9.17) is 60.6 Å². The number of halogens is 4. The second-order valence-corrected chi connectivity index (χ2v) is 8.36. The van der Waals surface area contributed by atoms with Crippen LogP contribution in [0.2, 0.25) is 0 Å². The summed E-state index contributed by atoms with van der Waals surface area (Å²) in [7, 11) is 0. The van der Waals surface area contributed by atoms with Gasteiger partial charge < -0.3 is 14.2 Å². The predicted molar refractivity (Wildman–Crippen MR) is 110 cm³/mol. The maximum atomic E-state index is 12.6. The standard InChI is InChI=1S/C21H10Cl4O5/c22-13-15(26)14(23)17(25)19(16(13)24)20(11-7-3-1-4-8-11)21(30-19,29-18(27)28-20)12-9-5-2-6-10-12/h1-10H/t20-,21+/m1/s1. The zero-order valence-corrected chi connectivity index (χ0v) is 17.9. The van der Waals surface area contributed by atoms with E-state index in [1.165, 1.54) is 0 Å². The second kappa shape index (κ2) is 6.49. The molecule has 5 nitrogen and oxygen atoms in total. The normalized spacial score (nSPS) is 29.5. The SMILES string of the molecule is O=C1O[C@@]2(c3ccccc3)OC3(C(Cl)=C(Cl)C(=O)C(Cl)=C3Cl)[C@@]2(c2ccccc2)O1. The molecular formula is C21H10Cl4O5. The van der Waals surface area contributed by atoms with Gasteiger partial charge in [-0.05, 0) is 0 Å². The third-order valence-electron chi connectivity index (χ3n) is 5.46. The second-order valence-electron chi connectivity index (χ2n) is 6.85. The summed E-state index contributed by atoms with van der Waals surface area (Å²) < 4.78 is 17.6. The molecule has 2 aromatic rings. The molecule has 30 heavy (non-hydrogen) atoms. The molecular weight excluding hydrogens is 474 g/mol. The van der Waals surface area contributed by atoms with Crippen molar-refractivity contribution in [1.29, 1.82) is 0 Å². The summed E-state index contributed by atoms with van der Waals surface area (Å²) >= 11 is 25.5. The van der Waals surface area contributed by atoms with Crippen LogP contribution >= 0.6 is 46.4 Å². The molecule has 0 aromatic heterocycles. The monoisotopic (exact) mass is 482 g/mol. The van der Waals surface area contributed by atoms with E-state index in [-0.39, 0.29) is 20.1 Å². The van der Waals surface area contributed by atoms with E-state index in [0.29, 0.717) is 11.1 Å². The topological polar surface area (TPSA) is 61.8 Å². The van der Waals surface area contributed by atoms with Crippen LogP contribution in [0.3, 0.4) is 0 Å². The Morgan fingerprint density at radius 2 is 1.17 bits per heavy atom. The first kappa shape index (κ1) is 19.9. The number of carbonyl (C=O) groups is 2. The molecule has 1 spiro atoms. The van der Waals surface area contributed by atoms with Crippen molar-refractivity contribution in [2.75, 3.05) is 0 Å². The van der Waals surface area contributed by atoms with Crippen molar-refractivity contribution < 1.29 is 23.8 Å². The molecule has 2 fully saturated rings. The Bertz CT molecular complexity index is 1130. The number of rotatable bonds is 2. The fourth-order valence-electron chi connectivity index (χ4n) is 4.24. The van der Waals surface area contributed by atoms with Crippen molar-refractivity contribution in [2.24, 2.45) is 0 Å². The van der Waals surface area contributed by atoms with Crippen LogP contribution in [-0.4, -0.2) is 17.5 Å². The lowest BCUT2D eigenvalue weighted by Gasteiger charge is -2.62. The minimum Gasteiger partial charge on any atom is -0.411 e. The number of Topliss-reactive ketones (excluding diaryl/α,β-unsaturated/α-hetero) is 1. The van der Waals surface area contributed by atoms with E-state index in [1.54, 1.807) is 60.7 Å². The molecule has 3 aliphatic rings. The van der Waals surface area contributed by atoms with E-state index in [9.17, 15) is 9.59 Å². The molecule has 0 unspecified atom stereocenters. The zero-order valence-electron chi connectivity index (χ0n) is 14.8. The Labute approximate surface area is 190 Å². The van der Waals surface area contributed by atoms with Crippen molar-refractivity contribution in [3.05, 3.63) is 91.9 Å². The highest BCUT2D eigenvalue weighted by Crippen LogP contribution is 2.74. The molecule has 2 atom stereocenters. The molecule has 9 heteroatoms. The Balaban J connectivity index is 1.89. The first-order valence-electron chi connectivity index (χ1n) is 8.71. The van der Waals surface area contributed by atoms with Crippen LogP contribution < -0.4 is 0 Å². The van der Waals surface area contributed by atoms with Crippen LogP contribution in [0.25, 0.3) is 0 Å². The average molecular weight is 484 g/mol. The number of ketones is 1. The number of benzene rings is 2. The zero-order chi connectivity index (χ0) is 21.3. The first-order chi connectivity index (χ1) is 14.3. The summed E-state index contributed by atoms with van der Waals surface area (Å²) in [4.78, 5) is 24.9. The molecule has 0 radical (unpaired) electrons. The predicted octanol–water partition coefficient (Wildman–Crippen LogP) is 5.63. The Hall–Kier alpha value is -2.02. The van der Waals surface area contributed by atoms with Gasteiger partial charge in [-0.25, -0.2) is 4.79 Å². The summed E-state index contributed by atoms with van der Waals surface area (Å²) in [6, 6.07) is 17.4. The van der Waals surface area contributed by atoms with E-state index < -0.39 is 28.9 Å². The molecule has 0 bridgehead atoms. The summed E-state index contributed by atoms with van der Waals surface area (Å²) in [5, 5.41) is -1.27. The molecule has 152 valence electrons. The van der Waals surface area contributed by atoms with E-state index >= 15 is 0 Å². The molecule has 2 aromatic carbocycles. The lowest BCUT2D eigenvalue weighted by molar-refractivity contribution is -0.423. The van der Waals surface area contributed by atoms with Crippen molar-refractivity contribution in [3.63, 3.8) is 0 Å². The lowest BCUT2D eigenvalue weighted by atomic mass is 9.62. The molecule has 2 heterocycles. The van der Waals surface area contributed by atoms with Crippen molar-refractivity contribution >= 4 is 58.3 Å². The highest BCUT2D eigenvalue weighted by atomic mass is 35.5. The van der Waals surface area contributed by atoms with Crippen molar-refractivity contribution in [1.82, 2.24) is 0 Å². The summed E-state index contributed by atoms with van der Waals surface area (Å²) in [6.45, 7) is 0. The third kappa shape index (κ3) is 2.09. The molecule has 5 rings (SSSR count). The number of hydrogen-bond donors (Lipinski definition) is 0. The number of ether oxygens (including phenoxy) is 3. The molecule has 0 N–H and O–H groups in total. The van der Waals surface area contributed by atoms with Crippen LogP contribution in [0.15, 0.2) is 80.8 Å². The highest BCUT2D eigenvalue weighted by molar-refractivity contribution is 6.61. The van der Waals surface area contributed by atoms with Crippen molar-refractivity contribution in [3.8, 4) is 0 Å². The van der Waals surface area contributed by atoms with Crippen LogP contribution in [0, 0.1) is 0 Å². The number of fused-ring (bicyclic) bond motifs is 2. The van der Waals surface area contributed by atoms with Crippen LogP contribution in [0.4, 0.5) is 4.79 Å². The smallest absolute Gasteiger partial charge is 0.411 e. The Kier molecular flexibility index (Phi) is 4.31. The number of carbonyl (C=O) groups excluding carboxylic acids is 2. The number of allylic oxidation sites excluding steroid dienone is 2. The maximum Gasteiger partial charge on any atom is 0.512 e. The van der Waals surface area contributed by atoms with Gasteiger partial charge in [-0.3, -0.25) is 4.79 Å². The molecule has 1 aliphatic carbocycles.